The van der Waals surface area contributed by atoms with Crippen molar-refractivity contribution in [3.05, 3.63) is 33.3 Å². The van der Waals surface area contributed by atoms with Gasteiger partial charge in [-0.05, 0) is 12.1 Å². The number of hydrogen-bond acceptors (Lipinski definition) is 7. The van der Waals surface area contributed by atoms with Gasteiger partial charge < -0.3 is 9.84 Å². The smallest absolute Gasteiger partial charge is 0.367 e. The van der Waals surface area contributed by atoms with E-state index in [1.807, 2.05) is 0 Å². The van der Waals surface area contributed by atoms with E-state index in [9.17, 15) is 14.9 Å². The molecule has 1 aromatic heterocycles. The molecular weight excluding hydrogens is 274 g/mol. The molecule has 0 fully saturated rings. The molecule has 0 saturated heterocycles. The highest BCUT2D eigenvalue weighted by Crippen LogP contribution is 2.33. The molecule has 0 saturated carbocycles. The third-order valence-electron chi connectivity index (χ3n) is 2.23. The third kappa shape index (κ3) is 2.50. The number of nitro groups is 1. The topological polar surface area (TPSA) is 115 Å². The number of aromatic nitrogens is 2. The zero-order valence-electron chi connectivity index (χ0n) is 9.56. The molecule has 19 heavy (non-hydrogen) atoms. The second-order valence-electron chi connectivity index (χ2n) is 3.36. The van der Waals surface area contributed by atoms with Gasteiger partial charge in [-0.3, -0.25) is 10.1 Å². The molecule has 1 N–H and O–H groups in total. The summed E-state index contributed by atoms with van der Waals surface area (Å²) in [5.41, 5.74) is 0.335. The number of ether oxygens (including phenoxy) is 1. The number of carboxylic acids is 1. The van der Waals surface area contributed by atoms with Crippen molar-refractivity contribution in [2.75, 3.05) is 7.11 Å². The molecule has 0 radical (unpaired) electrons. The molecule has 0 unspecified atom stereocenters. The van der Waals surface area contributed by atoms with E-state index in [0.717, 1.165) is 11.3 Å². The van der Waals surface area contributed by atoms with Crippen LogP contribution in [0, 0.1) is 10.1 Å². The Labute approximate surface area is 110 Å². The van der Waals surface area contributed by atoms with E-state index in [-0.39, 0.29) is 16.4 Å². The lowest BCUT2D eigenvalue weighted by Gasteiger charge is -2.02. The average Bonchev–Trinajstić information content (AvgIpc) is 2.87. The molecule has 0 aliphatic heterocycles. The molecule has 0 aliphatic carbocycles. The predicted octanol–water partition coefficient (Wildman–Crippen LogP) is 1.82. The van der Waals surface area contributed by atoms with Crippen molar-refractivity contribution in [3.8, 4) is 16.3 Å². The van der Waals surface area contributed by atoms with E-state index < -0.39 is 10.9 Å². The highest BCUT2D eigenvalue weighted by Gasteiger charge is 2.18. The van der Waals surface area contributed by atoms with Gasteiger partial charge in [0.15, 0.2) is 5.75 Å². The van der Waals surface area contributed by atoms with Crippen LogP contribution in [0.25, 0.3) is 10.6 Å². The largest absolute Gasteiger partial charge is 0.490 e. The van der Waals surface area contributed by atoms with Crippen molar-refractivity contribution in [2.24, 2.45) is 0 Å². The number of methoxy groups -OCH3 is 1. The number of benzene rings is 1. The third-order valence-corrected chi connectivity index (χ3v) is 3.19. The van der Waals surface area contributed by atoms with Gasteiger partial charge in [0, 0.05) is 11.6 Å². The van der Waals surface area contributed by atoms with E-state index in [2.05, 4.69) is 10.2 Å². The summed E-state index contributed by atoms with van der Waals surface area (Å²) in [7, 11) is 1.31. The maximum absolute atomic E-state index is 10.7. The Morgan fingerprint density at radius 1 is 1.47 bits per heavy atom. The molecule has 0 bridgehead atoms. The van der Waals surface area contributed by atoms with Crippen LogP contribution in [0.2, 0.25) is 0 Å². The van der Waals surface area contributed by atoms with Crippen molar-refractivity contribution >= 4 is 23.0 Å². The van der Waals surface area contributed by atoms with Crippen LogP contribution < -0.4 is 4.74 Å². The molecule has 1 aromatic carbocycles. The summed E-state index contributed by atoms with van der Waals surface area (Å²) in [6.07, 6.45) is 0. The summed E-state index contributed by atoms with van der Waals surface area (Å²) < 4.78 is 4.92. The maximum Gasteiger partial charge on any atom is 0.367 e. The number of carboxylic acid groups (broad SMARTS) is 1. The van der Waals surface area contributed by atoms with Gasteiger partial charge in [0.05, 0.1) is 12.0 Å². The molecule has 1 heterocycles. The van der Waals surface area contributed by atoms with Crippen molar-refractivity contribution in [1.82, 2.24) is 10.2 Å². The number of nitrogens with zero attached hydrogens (tertiary/aromatic N) is 3. The maximum atomic E-state index is 10.7. The molecule has 9 heteroatoms. The Hall–Kier alpha value is -2.55. The Balaban J connectivity index is 2.45. The van der Waals surface area contributed by atoms with E-state index in [4.69, 9.17) is 9.84 Å². The Morgan fingerprint density at radius 2 is 2.21 bits per heavy atom. The van der Waals surface area contributed by atoms with Crippen molar-refractivity contribution in [3.63, 3.8) is 0 Å². The van der Waals surface area contributed by atoms with Crippen molar-refractivity contribution in [2.45, 2.75) is 0 Å². The molecule has 0 spiro atoms. The van der Waals surface area contributed by atoms with Crippen LogP contribution in [0.3, 0.4) is 0 Å². The standard InChI is InChI=1S/C10H7N3O5S/c1-18-7-4-5(2-3-6(7)13(16)17)8-11-12-9(19-8)10(14)15/h2-4H,1H3,(H,14,15). The molecule has 0 aliphatic rings. The predicted molar refractivity (Wildman–Crippen MR) is 65.5 cm³/mol. The molecule has 2 rings (SSSR count). The summed E-state index contributed by atoms with van der Waals surface area (Å²) in [6, 6.07) is 4.16. The fraction of sp³-hybridized carbons (Fsp3) is 0.100. The first-order valence-corrected chi connectivity index (χ1v) is 5.74. The van der Waals surface area contributed by atoms with Crippen LogP contribution in [0.1, 0.15) is 9.80 Å². The highest BCUT2D eigenvalue weighted by atomic mass is 32.1. The Bertz CT molecular complexity index is 654. The zero-order valence-corrected chi connectivity index (χ0v) is 10.4. The van der Waals surface area contributed by atoms with Crippen LogP contribution in [0.4, 0.5) is 5.69 Å². The molecular formula is C10H7N3O5S. The van der Waals surface area contributed by atoms with Gasteiger partial charge in [-0.15, -0.1) is 10.2 Å². The quantitative estimate of drug-likeness (QED) is 0.671. The molecule has 0 amide bonds. The van der Waals surface area contributed by atoms with Crippen LogP contribution in [-0.4, -0.2) is 33.3 Å². The minimum Gasteiger partial charge on any atom is -0.490 e. The normalized spacial score (nSPS) is 10.2. The summed E-state index contributed by atoms with van der Waals surface area (Å²) >= 11 is 0.880. The monoisotopic (exact) mass is 281 g/mol. The van der Waals surface area contributed by atoms with E-state index in [1.54, 1.807) is 0 Å². The zero-order chi connectivity index (χ0) is 14.0. The van der Waals surface area contributed by atoms with Gasteiger partial charge in [-0.1, -0.05) is 11.3 Å². The van der Waals surface area contributed by atoms with E-state index >= 15 is 0 Å². The lowest BCUT2D eigenvalue weighted by molar-refractivity contribution is -0.385. The first-order valence-electron chi connectivity index (χ1n) is 4.92. The number of hydrogen-bond donors (Lipinski definition) is 1. The second-order valence-corrected chi connectivity index (χ2v) is 4.34. The van der Waals surface area contributed by atoms with Gasteiger partial charge in [-0.25, -0.2) is 4.79 Å². The number of aromatic carboxylic acids is 1. The first kappa shape index (κ1) is 12.9. The van der Waals surface area contributed by atoms with E-state index in [1.165, 1.54) is 25.3 Å². The SMILES string of the molecule is COc1cc(-c2nnc(C(=O)O)s2)ccc1[N+](=O)[O-]. The first-order chi connectivity index (χ1) is 9.02. The molecule has 8 nitrogen and oxygen atoms in total. The van der Waals surface area contributed by atoms with Gasteiger partial charge in [-0.2, -0.15) is 0 Å². The van der Waals surface area contributed by atoms with Crippen molar-refractivity contribution in [1.29, 1.82) is 0 Å². The van der Waals surface area contributed by atoms with Gasteiger partial charge >= 0.3 is 11.7 Å². The Kier molecular flexibility index (Phi) is 3.38. The fourth-order valence-electron chi connectivity index (χ4n) is 1.39. The molecule has 0 atom stereocenters. The number of rotatable bonds is 4. The van der Waals surface area contributed by atoms with Gasteiger partial charge in [0.2, 0.25) is 5.01 Å². The fourth-order valence-corrected chi connectivity index (χ4v) is 2.07. The minimum absolute atomic E-state index is 0.0783. The summed E-state index contributed by atoms with van der Waals surface area (Å²) in [5.74, 6) is -1.09. The summed E-state index contributed by atoms with van der Waals surface area (Å²) in [6.45, 7) is 0. The van der Waals surface area contributed by atoms with E-state index in [0.29, 0.717) is 10.6 Å². The lowest BCUT2D eigenvalue weighted by Crippen LogP contribution is -1.93. The highest BCUT2D eigenvalue weighted by molar-refractivity contribution is 7.16. The van der Waals surface area contributed by atoms with Crippen LogP contribution >= 0.6 is 11.3 Å². The summed E-state index contributed by atoms with van der Waals surface area (Å²) in [5, 5.41) is 26.9. The minimum atomic E-state index is -1.17. The van der Waals surface area contributed by atoms with Gasteiger partial charge in [0.25, 0.3) is 0 Å². The lowest BCUT2D eigenvalue weighted by atomic mass is 10.2. The van der Waals surface area contributed by atoms with Crippen LogP contribution in [0.15, 0.2) is 18.2 Å². The molecule has 98 valence electrons. The van der Waals surface area contributed by atoms with Crippen molar-refractivity contribution < 1.29 is 19.6 Å². The van der Waals surface area contributed by atoms with Crippen LogP contribution in [0.5, 0.6) is 5.75 Å². The molecule has 2 aromatic rings. The average molecular weight is 281 g/mol. The summed E-state index contributed by atoms with van der Waals surface area (Å²) in [4.78, 5) is 20.9. The number of nitro benzene ring substituents is 1. The van der Waals surface area contributed by atoms with Crippen LogP contribution in [-0.2, 0) is 0 Å². The Morgan fingerprint density at radius 3 is 2.74 bits per heavy atom. The second kappa shape index (κ2) is 4.98. The number of carbonyl (C=O) groups is 1. The van der Waals surface area contributed by atoms with Gasteiger partial charge in [0.1, 0.15) is 5.01 Å².